The van der Waals surface area contributed by atoms with Crippen molar-refractivity contribution in [1.82, 2.24) is 9.97 Å². The van der Waals surface area contributed by atoms with E-state index in [4.69, 9.17) is 10.00 Å². The van der Waals surface area contributed by atoms with Gasteiger partial charge in [0.1, 0.15) is 12.1 Å². The molecule has 1 aromatic heterocycles. The Hall–Kier alpha value is -2.48. The molecule has 1 heterocycles. The first-order valence-electron chi connectivity index (χ1n) is 5.27. The molecule has 0 fully saturated rings. The normalized spacial score (nSPS) is 9.89. The molecule has 0 unspecified atom stereocenters. The number of nitrogens with zero attached hydrogens (tertiary/aromatic N) is 3. The second-order valence-corrected chi connectivity index (χ2v) is 3.83. The van der Waals surface area contributed by atoms with E-state index in [0.29, 0.717) is 11.3 Å². The Kier molecular flexibility index (Phi) is 3.20. The Labute approximate surface area is 104 Å². The summed E-state index contributed by atoms with van der Waals surface area (Å²) in [5.41, 5.74) is 2.15. The van der Waals surface area contributed by atoms with Gasteiger partial charge in [-0.05, 0) is 37.1 Å². The minimum Gasteiger partial charge on any atom is -0.438 e. The third-order valence-corrected chi connectivity index (χ3v) is 2.40. The average molecular weight is 243 g/mol. The fourth-order valence-electron chi connectivity index (χ4n) is 1.65. The van der Waals surface area contributed by atoms with Gasteiger partial charge in [0.25, 0.3) is 0 Å². The van der Waals surface area contributed by atoms with Crippen LogP contribution < -0.4 is 4.74 Å². The summed E-state index contributed by atoms with van der Waals surface area (Å²) in [6, 6.07) is 6.59. The number of nitriles is 1. The molecule has 0 amide bonds. The highest BCUT2D eigenvalue weighted by atomic mass is 19.1. The minimum atomic E-state index is -0.649. The van der Waals surface area contributed by atoms with Gasteiger partial charge in [-0.25, -0.2) is 9.97 Å². The van der Waals surface area contributed by atoms with Gasteiger partial charge in [-0.1, -0.05) is 0 Å². The highest BCUT2D eigenvalue weighted by Gasteiger charge is 2.09. The number of ether oxygens (including phenoxy) is 1. The van der Waals surface area contributed by atoms with E-state index < -0.39 is 5.95 Å². The summed E-state index contributed by atoms with van der Waals surface area (Å²) in [5.74, 6) is 0.0643. The van der Waals surface area contributed by atoms with E-state index in [1.165, 1.54) is 0 Å². The molecule has 0 aliphatic rings. The van der Waals surface area contributed by atoms with Crippen molar-refractivity contribution in [2.24, 2.45) is 0 Å². The molecule has 0 aliphatic heterocycles. The lowest BCUT2D eigenvalue weighted by Crippen LogP contribution is -1.95. The zero-order chi connectivity index (χ0) is 13.1. The van der Waals surface area contributed by atoms with Gasteiger partial charge in [0, 0.05) is 0 Å². The van der Waals surface area contributed by atoms with Crippen molar-refractivity contribution in [2.45, 2.75) is 13.8 Å². The number of aryl methyl sites for hydroxylation is 2. The third-order valence-electron chi connectivity index (χ3n) is 2.40. The van der Waals surface area contributed by atoms with Gasteiger partial charge in [-0.15, -0.1) is 0 Å². The van der Waals surface area contributed by atoms with Crippen LogP contribution in [0, 0.1) is 31.1 Å². The zero-order valence-corrected chi connectivity index (χ0v) is 9.94. The molecule has 0 saturated carbocycles. The van der Waals surface area contributed by atoms with Crippen molar-refractivity contribution in [3.8, 4) is 17.7 Å². The van der Waals surface area contributed by atoms with Crippen LogP contribution in [0.25, 0.3) is 0 Å². The lowest BCUT2D eigenvalue weighted by atomic mass is 10.1. The van der Waals surface area contributed by atoms with E-state index in [1.54, 1.807) is 12.1 Å². The maximum Gasteiger partial charge on any atom is 0.225 e. The first kappa shape index (κ1) is 12.0. The lowest BCUT2D eigenvalue weighted by Gasteiger charge is -2.11. The van der Waals surface area contributed by atoms with Crippen molar-refractivity contribution >= 4 is 0 Å². The summed E-state index contributed by atoms with van der Waals surface area (Å²) in [4.78, 5) is 7.17. The molecule has 0 atom stereocenters. The third kappa shape index (κ3) is 2.43. The van der Waals surface area contributed by atoms with Crippen LogP contribution in [0.1, 0.15) is 16.7 Å². The molecule has 4 nitrogen and oxygen atoms in total. The molecule has 1 aromatic carbocycles. The van der Waals surface area contributed by atoms with E-state index in [0.717, 1.165) is 23.5 Å². The Morgan fingerprint density at radius 2 is 1.83 bits per heavy atom. The van der Waals surface area contributed by atoms with Crippen LogP contribution in [0.2, 0.25) is 0 Å². The summed E-state index contributed by atoms with van der Waals surface area (Å²) >= 11 is 0. The predicted octanol–water partition coefficient (Wildman–Crippen LogP) is 2.90. The second kappa shape index (κ2) is 4.80. The Morgan fingerprint density at radius 3 is 2.39 bits per heavy atom. The molecule has 2 aromatic rings. The number of aromatic nitrogens is 2. The molecule has 0 aliphatic carbocycles. The molecular formula is C13H10FN3O. The van der Waals surface area contributed by atoms with Crippen LogP contribution in [0.3, 0.4) is 0 Å². The summed E-state index contributed by atoms with van der Waals surface area (Å²) in [5, 5.41) is 8.84. The van der Waals surface area contributed by atoms with Gasteiger partial charge in [0.2, 0.25) is 11.8 Å². The molecular weight excluding hydrogens is 233 g/mol. The lowest BCUT2D eigenvalue weighted by molar-refractivity contribution is 0.444. The van der Waals surface area contributed by atoms with Crippen molar-refractivity contribution in [3.63, 3.8) is 0 Å². The largest absolute Gasteiger partial charge is 0.438 e. The summed E-state index contributed by atoms with van der Waals surface area (Å²) in [6.07, 6.45) is 1.10. The number of hydrogen-bond donors (Lipinski definition) is 0. The monoisotopic (exact) mass is 243 g/mol. The van der Waals surface area contributed by atoms with Crippen molar-refractivity contribution < 1.29 is 9.13 Å². The van der Waals surface area contributed by atoms with E-state index >= 15 is 0 Å². The van der Waals surface area contributed by atoms with E-state index in [1.807, 2.05) is 13.8 Å². The fourth-order valence-corrected chi connectivity index (χ4v) is 1.65. The quantitative estimate of drug-likeness (QED) is 0.761. The Bertz CT molecular complexity index is 611. The molecule has 0 bridgehead atoms. The fraction of sp³-hybridized carbons (Fsp3) is 0.154. The Balaban J connectivity index is 2.38. The molecule has 18 heavy (non-hydrogen) atoms. The van der Waals surface area contributed by atoms with Crippen LogP contribution in [-0.2, 0) is 0 Å². The van der Waals surface area contributed by atoms with E-state index in [2.05, 4.69) is 16.0 Å². The highest BCUT2D eigenvalue weighted by molar-refractivity contribution is 5.48. The highest BCUT2D eigenvalue weighted by Crippen LogP contribution is 2.28. The molecule has 0 N–H and O–H groups in total. The molecule has 5 heteroatoms. The average Bonchev–Trinajstić information content (AvgIpc) is 2.33. The minimum absolute atomic E-state index is 0.137. The SMILES string of the molecule is Cc1cc(C#N)cc(C)c1Oc1cc(F)ncn1. The summed E-state index contributed by atoms with van der Waals surface area (Å²) in [6.45, 7) is 3.64. The maximum absolute atomic E-state index is 12.9. The number of rotatable bonds is 2. The molecule has 2 rings (SSSR count). The standard InChI is InChI=1S/C13H10FN3O/c1-8-3-10(6-15)4-9(2)13(8)18-12-5-11(14)16-7-17-12/h3-5,7H,1-2H3. The van der Waals surface area contributed by atoms with Gasteiger partial charge < -0.3 is 4.74 Å². The topological polar surface area (TPSA) is 58.8 Å². The van der Waals surface area contributed by atoms with Gasteiger partial charge in [-0.3, -0.25) is 0 Å². The second-order valence-electron chi connectivity index (χ2n) is 3.83. The van der Waals surface area contributed by atoms with Crippen molar-refractivity contribution in [2.75, 3.05) is 0 Å². The van der Waals surface area contributed by atoms with Gasteiger partial charge >= 0.3 is 0 Å². The number of hydrogen-bond acceptors (Lipinski definition) is 4. The van der Waals surface area contributed by atoms with Crippen molar-refractivity contribution in [3.05, 3.63) is 47.2 Å². The molecule has 0 saturated heterocycles. The maximum atomic E-state index is 12.9. The summed E-state index contributed by atoms with van der Waals surface area (Å²) < 4.78 is 18.4. The predicted molar refractivity (Wildman–Crippen MR) is 62.7 cm³/mol. The van der Waals surface area contributed by atoms with Gasteiger partial charge in [0.15, 0.2) is 0 Å². The number of halogens is 1. The van der Waals surface area contributed by atoms with Crippen LogP contribution >= 0.6 is 0 Å². The van der Waals surface area contributed by atoms with Crippen molar-refractivity contribution in [1.29, 1.82) is 5.26 Å². The first-order valence-corrected chi connectivity index (χ1v) is 5.27. The van der Waals surface area contributed by atoms with Crippen LogP contribution in [0.15, 0.2) is 24.5 Å². The van der Waals surface area contributed by atoms with E-state index in [-0.39, 0.29) is 5.88 Å². The molecule has 90 valence electrons. The zero-order valence-electron chi connectivity index (χ0n) is 9.94. The van der Waals surface area contributed by atoms with Crippen LogP contribution in [0.5, 0.6) is 11.6 Å². The van der Waals surface area contributed by atoms with E-state index in [9.17, 15) is 4.39 Å². The Morgan fingerprint density at radius 1 is 1.17 bits per heavy atom. The van der Waals surface area contributed by atoms with Crippen LogP contribution in [0.4, 0.5) is 4.39 Å². The summed E-state index contributed by atoms with van der Waals surface area (Å²) in [7, 11) is 0. The molecule has 0 radical (unpaired) electrons. The number of benzene rings is 1. The van der Waals surface area contributed by atoms with Gasteiger partial charge in [0.05, 0.1) is 17.7 Å². The molecule has 0 spiro atoms. The van der Waals surface area contributed by atoms with Gasteiger partial charge in [-0.2, -0.15) is 9.65 Å². The smallest absolute Gasteiger partial charge is 0.225 e. The first-order chi connectivity index (χ1) is 8.60. The van der Waals surface area contributed by atoms with Crippen LogP contribution in [-0.4, -0.2) is 9.97 Å².